The third-order valence-corrected chi connectivity index (χ3v) is 3.38. The Labute approximate surface area is 104 Å². The molecule has 1 aliphatic rings. The zero-order valence-corrected chi connectivity index (χ0v) is 10.7. The fourth-order valence-electron chi connectivity index (χ4n) is 2.19. The first-order chi connectivity index (χ1) is 8.28. The summed E-state index contributed by atoms with van der Waals surface area (Å²) in [6, 6.07) is 8.87. The standard InChI is InChI=1S/C15H22N2/c1-13-7-10-17(11-8-13)12-15-4-2-14(3-5-15)6-9-16/h2-5,7H,6,8-12,16H2,1H3. The molecule has 0 atom stereocenters. The van der Waals surface area contributed by atoms with Crippen molar-refractivity contribution in [3.05, 3.63) is 47.0 Å². The minimum absolute atomic E-state index is 0.732. The SMILES string of the molecule is CC1=CCN(Cc2ccc(CCN)cc2)CC1. The summed E-state index contributed by atoms with van der Waals surface area (Å²) in [5.41, 5.74) is 9.81. The van der Waals surface area contributed by atoms with Crippen LogP contribution in [0.5, 0.6) is 0 Å². The van der Waals surface area contributed by atoms with Crippen molar-refractivity contribution in [2.75, 3.05) is 19.6 Å². The smallest absolute Gasteiger partial charge is 0.0237 e. The lowest BCUT2D eigenvalue weighted by Crippen LogP contribution is -2.27. The van der Waals surface area contributed by atoms with E-state index in [-0.39, 0.29) is 0 Å². The molecule has 17 heavy (non-hydrogen) atoms. The van der Waals surface area contributed by atoms with E-state index in [9.17, 15) is 0 Å². The highest BCUT2D eigenvalue weighted by molar-refractivity contribution is 5.23. The highest BCUT2D eigenvalue weighted by Gasteiger charge is 2.09. The largest absolute Gasteiger partial charge is 0.330 e. The minimum atomic E-state index is 0.732. The maximum absolute atomic E-state index is 5.55. The molecule has 2 heteroatoms. The first-order valence-electron chi connectivity index (χ1n) is 6.44. The number of nitrogens with zero attached hydrogens (tertiary/aromatic N) is 1. The van der Waals surface area contributed by atoms with Gasteiger partial charge in [0.1, 0.15) is 0 Å². The number of hydrogen-bond acceptors (Lipinski definition) is 2. The van der Waals surface area contributed by atoms with Crippen molar-refractivity contribution in [3.63, 3.8) is 0 Å². The summed E-state index contributed by atoms with van der Waals surface area (Å²) in [5.74, 6) is 0. The molecular weight excluding hydrogens is 208 g/mol. The maximum Gasteiger partial charge on any atom is 0.0237 e. The van der Waals surface area contributed by atoms with Gasteiger partial charge < -0.3 is 5.73 Å². The molecule has 92 valence electrons. The number of hydrogen-bond donors (Lipinski definition) is 1. The molecule has 1 aromatic carbocycles. The van der Waals surface area contributed by atoms with Crippen molar-refractivity contribution in [2.24, 2.45) is 5.73 Å². The molecule has 2 rings (SSSR count). The van der Waals surface area contributed by atoms with Gasteiger partial charge >= 0.3 is 0 Å². The molecule has 0 unspecified atom stereocenters. The van der Waals surface area contributed by atoms with E-state index in [4.69, 9.17) is 5.73 Å². The third kappa shape index (κ3) is 3.69. The van der Waals surface area contributed by atoms with Gasteiger partial charge in [-0.3, -0.25) is 4.90 Å². The molecule has 0 radical (unpaired) electrons. The lowest BCUT2D eigenvalue weighted by Gasteiger charge is -2.25. The fraction of sp³-hybridized carbons (Fsp3) is 0.467. The Hall–Kier alpha value is -1.12. The van der Waals surface area contributed by atoms with Crippen molar-refractivity contribution in [1.82, 2.24) is 4.90 Å². The zero-order valence-electron chi connectivity index (χ0n) is 10.7. The molecule has 2 N–H and O–H groups in total. The third-order valence-electron chi connectivity index (χ3n) is 3.38. The summed E-state index contributed by atoms with van der Waals surface area (Å²) in [5, 5.41) is 0. The van der Waals surface area contributed by atoms with E-state index in [0.29, 0.717) is 0 Å². The second-order valence-corrected chi connectivity index (χ2v) is 4.89. The van der Waals surface area contributed by atoms with Crippen molar-refractivity contribution < 1.29 is 0 Å². The van der Waals surface area contributed by atoms with Gasteiger partial charge in [0.25, 0.3) is 0 Å². The number of nitrogens with two attached hydrogens (primary N) is 1. The second-order valence-electron chi connectivity index (χ2n) is 4.89. The van der Waals surface area contributed by atoms with E-state index in [1.165, 1.54) is 29.7 Å². The van der Waals surface area contributed by atoms with Gasteiger partial charge in [0.05, 0.1) is 0 Å². The predicted octanol–water partition coefficient (Wildman–Crippen LogP) is 2.34. The number of rotatable bonds is 4. The van der Waals surface area contributed by atoms with Crippen molar-refractivity contribution in [1.29, 1.82) is 0 Å². The summed E-state index contributed by atoms with van der Waals surface area (Å²) < 4.78 is 0. The van der Waals surface area contributed by atoms with Crippen molar-refractivity contribution in [2.45, 2.75) is 26.3 Å². The first-order valence-corrected chi connectivity index (χ1v) is 6.44. The highest BCUT2D eigenvalue weighted by atomic mass is 15.1. The van der Waals surface area contributed by atoms with Gasteiger partial charge in [-0.15, -0.1) is 0 Å². The fourth-order valence-corrected chi connectivity index (χ4v) is 2.19. The van der Waals surface area contributed by atoms with Crippen LogP contribution in [0.15, 0.2) is 35.9 Å². The van der Waals surface area contributed by atoms with Crippen LogP contribution in [0.25, 0.3) is 0 Å². The van der Waals surface area contributed by atoms with E-state index < -0.39 is 0 Å². The minimum Gasteiger partial charge on any atom is -0.330 e. The van der Waals surface area contributed by atoms with Crippen LogP contribution in [0, 0.1) is 0 Å². The monoisotopic (exact) mass is 230 g/mol. The molecule has 2 nitrogen and oxygen atoms in total. The van der Waals surface area contributed by atoms with Crippen LogP contribution in [0.3, 0.4) is 0 Å². The molecule has 0 spiro atoms. The lowest BCUT2D eigenvalue weighted by atomic mass is 10.1. The molecule has 0 aromatic heterocycles. The van der Waals surface area contributed by atoms with Gasteiger partial charge in [-0.25, -0.2) is 0 Å². The van der Waals surface area contributed by atoms with Gasteiger partial charge in [-0.1, -0.05) is 35.9 Å². The Kier molecular flexibility index (Phi) is 4.35. The molecule has 0 saturated carbocycles. The van der Waals surface area contributed by atoms with Gasteiger partial charge in [0, 0.05) is 19.6 Å². The number of benzene rings is 1. The molecule has 0 saturated heterocycles. The Bertz CT molecular complexity index is 378. The van der Waals surface area contributed by atoms with E-state index in [1.807, 2.05) is 0 Å². The Morgan fingerprint density at radius 2 is 1.88 bits per heavy atom. The van der Waals surface area contributed by atoms with Gasteiger partial charge in [0.15, 0.2) is 0 Å². The molecule has 0 bridgehead atoms. The summed E-state index contributed by atoms with van der Waals surface area (Å²) in [6.45, 7) is 6.30. The normalized spacial score (nSPS) is 16.9. The van der Waals surface area contributed by atoms with Crippen LogP contribution >= 0.6 is 0 Å². The van der Waals surface area contributed by atoms with Gasteiger partial charge in [-0.05, 0) is 37.4 Å². The van der Waals surface area contributed by atoms with E-state index in [2.05, 4.69) is 42.2 Å². The van der Waals surface area contributed by atoms with Gasteiger partial charge in [-0.2, -0.15) is 0 Å². The molecule has 0 aliphatic carbocycles. The zero-order chi connectivity index (χ0) is 12.1. The molecular formula is C15H22N2. The van der Waals surface area contributed by atoms with Crippen LogP contribution < -0.4 is 5.73 Å². The molecule has 1 aromatic rings. The van der Waals surface area contributed by atoms with E-state index in [1.54, 1.807) is 0 Å². The van der Waals surface area contributed by atoms with E-state index in [0.717, 1.165) is 26.1 Å². The highest BCUT2D eigenvalue weighted by Crippen LogP contribution is 2.13. The van der Waals surface area contributed by atoms with Crippen LogP contribution in [0.2, 0.25) is 0 Å². The van der Waals surface area contributed by atoms with Crippen LogP contribution in [0.1, 0.15) is 24.5 Å². The maximum atomic E-state index is 5.55. The second kappa shape index (κ2) is 5.99. The summed E-state index contributed by atoms with van der Waals surface area (Å²) >= 11 is 0. The molecule has 1 heterocycles. The van der Waals surface area contributed by atoms with Gasteiger partial charge in [0.2, 0.25) is 0 Å². The molecule has 1 aliphatic heterocycles. The van der Waals surface area contributed by atoms with Crippen molar-refractivity contribution >= 4 is 0 Å². The molecule has 0 amide bonds. The summed E-state index contributed by atoms with van der Waals surface area (Å²) in [7, 11) is 0. The van der Waals surface area contributed by atoms with Crippen LogP contribution in [-0.2, 0) is 13.0 Å². The van der Waals surface area contributed by atoms with Crippen LogP contribution in [-0.4, -0.2) is 24.5 Å². The average Bonchev–Trinajstić information content (AvgIpc) is 2.35. The lowest BCUT2D eigenvalue weighted by molar-refractivity contribution is 0.286. The molecule has 0 fully saturated rings. The quantitative estimate of drug-likeness (QED) is 0.804. The average molecular weight is 230 g/mol. The van der Waals surface area contributed by atoms with E-state index >= 15 is 0 Å². The summed E-state index contributed by atoms with van der Waals surface area (Å²) in [4.78, 5) is 2.49. The van der Waals surface area contributed by atoms with Crippen molar-refractivity contribution in [3.8, 4) is 0 Å². The first kappa shape index (κ1) is 12.3. The Morgan fingerprint density at radius 3 is 2.47 bits per heavy atom. The predicted molar refractivity (Wildman–Crippen MR) is 72.9 cm³/mol. The summed E-state index contributed by atoms with van der Waals surface area (Å²) in [6.07, 6.45) is 4.53. The van der Waals surface area contributed by atoms with Crippen LogP contribution in [0.4, 0.5) is 0 Å². The Morgan fingerprint density at radius 1 is 1.18 bits per heavy atom. The topological polar surface area (TPSA) is 29.3 Å². The Balaban J connectivity index is 1.90.